The molecule has 2 amide bonds. The smallest absolute Gasteiger partial charge is 0.352 e. The Bertz CT molecular complexity index is 902. The summed E-state index contributed by atoms with van der Waals surface area (Å²) >= 11 is 0. The molecule has 1 fully saturated rings. The van der Waals surface area contributed by atoms with Gasteiger partial charge in [-0.1, -0.05) is 13.8 Å². The Hall–Kier alpha value is -2.91. The second-order valence-electron chi connectivity index (χ2n) is 7.42. The minimum atomic E-state index is -4.48. The molecule has 0 saturated heterocycles. The molecule has 156 valence electrons. The van der Waals surface area contributed by atoms with E-state index >= 15 is 0 Å². The molecule has 3 rings (SSSR count). The highest BCUT2D eigenvalue weighted by Crippen LogP contribution is 2.29. The number of halogens is 3. The van der Waals surface area contributed by atoms with Crippen molar-refractivity contribution < 1.29 is 22.8 Å². The molecule has 0 spiro atoms. The highest BCUT2D eigenvalue weighted by atomic mass is 19.4. The Morgan fingerprint density at radius 1 is 1.28 bits per heavy atom. The van der Waals surface area contributed by atoms with Crippen molar-refractivity contribution in [2.45, 2.75) is 44.8 Å². The average Bonchev–Trinajstić information content (AvgIpc) is 3.33. The molecule has 2 aromatic rings. The first kappa shape index (κ1) is 20.8. The van der Waals surface area contributed by atoms with E-state index in [1.165, 1.54) is 28.9 Å². The van der Waals surface area contributed by atoms with Crippen molar-refractivity contribution >= 4 is 11.8 Å². The molecular weight excluding hydrogens is 387 g/mol. The topological polar surface area (TPSA) is 80.1 Å². The SMILES string of the molecule is CC(C)c1c(C(=O)N(C)CC(=O)NC2CC2)cnn1-c1ccc(C(F)(F)F)cn1. The number of likely N-dealkylation sites (N-methyl/N-ethyl adjacent to an activating group) is 1. The van der Waals surface area contributed by atoms with Crippen LogP contribution in [-0.4, -0.2) is 51.1 Å². The molecule has 2 heterocycles. The molecule has 0 aromatic carbocycles. The summed E-state index contributed by atoms with van der Waals surface area (Å²) in [4.78, 5) is 30.0. The standard InChI is InChI=1S/C19H22F3N5O2/c1-11(2)17-14(18(29)26(3)10-16(28)25-13-5-6-13)9-24-27(17)15-7-4-12(8-23-15)19(20,21)22/h4,7-9,11,13H,5-6,10H2,1-3H3,(H,25,28). The molecule has 1 saturated carbocycles. The van der Waals surface area contributed by atoms with Gasteiger partial charge in [0.1, 0.15) is 0 Å². The lowest BCUT2D eigenvalue weighted by Gasteiger charge is -2.18. The number of amides is 2. The number of rotatable bonds is 6. The summed E-state index contributed by atoms with van der Waals surface area (Å²) in [6, 6.07) is 2.33. The van der Waals surface area contributed by atoms with Crippen molar-refractivity contribution in [2.75, 3.05) is 13.6 Å². The summed E-state index contributed by atoms with van der Waals surface area (Å²) in [6.07, 6.45) is -0.494. The van der Waals surface area contributed by atoms with E-state index in [0.29, 0.717) is 5.69 Å². The molecule has 0 unspecified atom stereocenters. The first-order chi connectivity index (χ1) is 13.6. The molecule has 0 atom stereocenters. The second kappa shape index (κ2) is 7.84. The van der Waals surface area contributed by atoms with Crippen LogP contribution in [0.2, 0.25) is 0 Å². The third-order valence-electron chi connectivity index (χ3n) is 4.55. The van der Waals surface area contributed by atoms with Crippen molar-refractivity contribution in [1.29, 1.82) is 0 Å². The monoisotopic (exact) mass is 409 g/mol. The van der Waals surface area contributed by atoms with Crippen LogP contribution in [0.25, 0.3) is 5.82 Å². The predicted octanol–water partition coefficient (Wildman–Crippen LogP) is 2.76. The Labute approximate surface area is 165 Å². The first-order valence-corrected chi connectivity index (χ1v) is 9.24. The van der Waals surface area contributed by atoms with E-state index < -0.39 is 17.6 Å². The summed E-state index contributed by atoms with van der Waals surface area (Å²) in [5.74, 6) is -0.604. The third kappa shape index (κ3) is 4.75. The zero-order chi connectivity index (χ0) is 21.3. The molecule has 2 aromatic heterocycles. The Morgan fingerprint density at radius 3 is 2.48 bits per heavy atom. The fraction of sp³-hybridized carbons (Fsp3) is 0.474. The zero-order valence-electron chi connectivity index (χ0n) is 16.3. The van der Waals surface area contributed by atoms with Crippen molar-refractivity contribution in [1.82, 2.24) is 25.0 Å². The lowest BCUT2D eigenvalue weighted by atomic mass is 10.0. The molecule has 0 radical (unpaired) electrons. The molecule has 0 aliphatic heterocycles. The molecule has 10 heteroatoms. The maximum Gasteiger partial charge on any atom is 0.417 e. The Kier molecular flexibility index (Phi) is 5.63. The van der Waals surface area contributed by atoms with E-state index in [1.807, 2.05) is 13.8 Å². The van der Waals surface area contributed by atoms with Crippen LogP contribution in [0.4, 0.5) is 13.2 Å². The molecular formula is C19H22F3N5O2. The molecule has 7 nitrogen and oxygen atoms in total. The fourth-order valence-electron chi connectivity index (χ4n) is 2.93. The van der Waals surface area contributed by atoms with Crippen molar-refractivity contribution in [2.24, 2.45) is 0 Å². The highest BCUT2D eigenvalue weighted by Gasteiger charge is 2.31. The fourth-order valence-corrected chi connectivity index (χ4v) is 2.93. The number of hydrogen-bond donors (Lipinski definition) is 1. The maximum absolute atomic E-state index is 12.9. The summed E-state index contributed by atoms with van der Waals surface area (Å²) in [5, 5.41) is 6.99. The minimum Gasteiger partial charge on any atom is -0.352 e. The number of nitrogens with one attached hydrogen (secondary N) is 1. The third-order valence-corrected chi connectivity index (χ3v) is 4.55. The maximum atomic E-state index is 12.9. The molecule has 1 N–H and O–H groups in total. The van der Waals surface area contributed by atoms with Crippen LogP contribution in [0.15, 0.2) is 24.5 Å². The molecule has 29 heavy (non-hydrogen) atoms. The normalized spacial score (nSPS) is 14.2. The van der Waals surface area contributed by atoms with Crippen LogP contribution in [0, 0.1) is 0 Å². The second-order valence-corrected chi connectivity index (χ2v) is 7.42. The Balaban J connectivity index is 1.84. The summed E-state index contributed by atoms with van der Waals surface area (Å²) in [5.41, 5.74) is -0.0719. The predicted molar refractivity (Wildman–Crippen MR) is 98.6 cm³/mol. The van der Waals surface area contributed by atoms with Gasteiger partial charge in [0.15, 0.2) is 5.82 Å². The van der Waals surface area contributed by atoms with E-state index in [0.717, 1.165) is 25.1 Å². The van der Waals surface area contributed by atoms with Gasteiger partial charge in [0.25, 0.3) is 5.91 Å². The van der Waals surface area contributed by atoms with Gasteiger partial charge in [-0.2, -0.15) is 18.3 Å². The summed E-state index contributed by atoms with van der Waals surface area (Å²) < 4.78 is 39.7. The lowest BCUT2D eigenvalue weighted by Crippen LogP contribution is -2.39. The number of carbonyl (C=O) groups excluding carboxylic acids is 2. The van der Waals surface area contributed by atoms with Gasteiger partial charge in [-0.25, -0.2) is 9.67 Å². The zero-order valence-corrected chi connectivity index (χ0v) is 16.3. The first-order valence-electron chi connectivity index (χ1n) is 9.24. The molecule has 1 aliphatic carbocycles. The largest absolute Gasteiger partial charge is 0.417 e. The van der Waals surface area contributed by atoms with E-state index in [9.17, 15) is 22.8 Å². The van der Waals surface area contributed by atoms with E-state index in [1.54, 1.807) is 0 Å². The van der Waals surface area contributed by atoms with Crippen molar-refractivity contribution in [3.8, 4) is 5.82 Å². The van der Waals surface area contributed by atoms with E-state index in [2.05, 4.69) is 15.4 Å². The van der Waals surface area contributed by atoms with Crippen LogP contribution >= 0.6 is 0 Å². The van der Waals surface area contributed by atoms with Crippen molar-refractivity contribution in [3.05, 3.63) is 41.3 Å². The van der Waals surface area contributed by atoms with Gasteiger partial charge in [-0.3, -0.25) is 9.59 Å². The number of hydrogen-bond acceptors (Lipinski definition) is 4. The number of aromatic nitrogens is 3. The van der Waals surface area contributed by atoms with Gasteiger partial charge < -0.3 is 10.2 Å². The van der Waals surface area contributed by atoms with Gasteiger partial charge in [0.05, 0.1) is 29.6 Å². The lowest BCUT2D eigenvalue weighted by molar-refractivity contribution is -0.137. The van der Waals surface area contributed by atoms with Gasteiger partial charge in [-0.05, 0) is 30.9 Å². The van der Waals surface area contributed by atoms with Crippen molar-refractivity contribution in [3.63, 3.8) is 0 Å². The summed E-state index contributed by atoms with van der Waals surface area (Å²) in [6.45, 7) is 3.60. The van der Waals surface area contributed by atoms with Crippen LogP contribution in [0.3, 0.4) is 0 Å². The highest BCUT2D eigenvalue weighted by molar-refractivity contribution is 5.97. The summed E-state index contributed by atoms with van der Waals surface area (Å²) in [7, 11) is 1.52. The van der Waals surface area contributed by atoms with E-state index in [4.69, 9.17) is 0 Å². The molecule has 1 aliphatic rings. The number of alkyl halides is 3. The average molecular weight is 409 g/mol. The van der Waals surface area contributed by atoms with Gasteiger partial charge >= 0.3 is 6.18 Å². The van der Waals surface area contributed by atoms with Gasteiger partial charge in [-0.15, -0.1) is 0 Å². The Morgan fingerprint density at radius 2 is 1.97 bits per heavy atom. The van der Waals surface area contributed by atoms with Gasteiger partial charge in [0, 0.05) is 19.3 Å². The number of carbonyl (C=O) groups is 2. The minimum absolute atomic E-state index is 0.0867. The van der Waals surface area contributed by atoms with Crippen LogP contribution in [-0.2, 0) is 11.0 Å². The number of nitrogens with zero attached hydrogens (tertiary/aromatic N) is 4. The quantitative estimate of drug-likeness (QED) is 0.796. The van der Waals surface area contributed by atoms with Crippen LogP contribution in [0.5, 0.6) is 0 Å². The van der Waals surface area contributed by atoms with Gasteiger partial charge in [0.2, 0.25) is 5.91 Å². The van der Waals surface area contributed by atoms with Crippen LogP contribution in [0.1, 0.15) is 54.2 Å². The van der Waals surface area contributed by atoms with Crippen LogP contribution < -0.4 is 5.32 Å². The number of pyridine rings is 1. The van der Waals surface area contributed by atoms with E-state index in [-0.39, 0.29) is 35.8 Å². The molecule has 0 bridgehead atoms.